The van der Waals surface area contributed by atoms with Gasteiger partial charge in [-0.15, -0.1) is 5.10 Å². The van der Waals surface area contributed by atoms with E-state index in [0.717, 1.165) is 42.6 Å². The number of piperazine rings is 1. The summed E-state index contributed by atoms with van der Waals surface area (Å²) in [6.07, 6.45) is 0. The molecule has 1 aromatic heterocycles. The van der Waals surface area contributed by atoms with Crippen LogP contribution in [-0.2, 0) is 0 Å². The summed E-state index contributed by atoms with van der Waals surface area (Å²) in [5, 5.41) is 13.4. The quantitative estimate of drug-likeness (QED) is 0.606. The van der Waals surface area contributed by atoms with Crippen LogP contribution in [0.15, 0.2) is 42.5 Å². The number of halogens is 1. The second-order valence-electron chi connectivity index (χ2n) is 8.27. The molecule has 2 heterocycles. The minimum absolute atomic E-state index is 0.000392. The van der Waals surface area contributed by atoms with E-state index in [2.05, 4.69) is 83.4 Å². The number of nitrogens with zero attached hydrogens (tertiary/aromatic N) is 6. The number of aromatic nitrogens is 4. The van der Waals surface area contributed by atoms with Crippen molar-refractivity contribution in [3.63, 3.8) is 0 Å². The number of anilines is 1. The van der Waals surface area contributed by atoms with E-state index in [9.17, 15) is 0 Å². The Morgan fingerprint density at radius 1 is 0.933 bits per heavy atom. The Bertz CT molecular complexity index is 989. The fourth-order valence-electron chi connectivity index (χ4n) is 4.22. The van der Waals surface area contributed by atoms with E-state index in [1.54, 1.807) is 0 Å². The molecule has 30 heavy (non-hydrogen) atoms. The third-order valence-corrected chi connectivity index (χ3v) is 6.29. The molecule has 1 aliphatic heterocycles. The minimum atomic E-state index is 0.000392. The fourth-order valence-corrected chi connectivity index (χ4v) is 4.34. The van der Waals surface area contributed by atoms with Crippen molar-refractivity contribution in [3.05, 3.63) is 70.0 Å². The lowest BCUT2D eigenvalue weighted by molar-refractivity contribution is 0.199. The van der Waals surface area contributed by atoms with Gasteiger partial charge in [-0.05, 0) is 73.0 Å². The van der Waals surface area contributed by atoms with Crippen molar-refractivity contribution < 1.29 is 0 Å². The van der Waals surface area contributed by atoms with Gasteiger partial charge in [0.25, 0.3) is 0 Å². The van der Waals surface area contributed by atoms with Gasteiger partial charge in [0.1, 0.15) is 0 Å². The summed E-state index contributed by atoms with van der Waals surface area (Å²) in [5.41, 5.74) is 5.20. The van der Waals surface area contributed by atoms with Crippen LogP contribution in [-0.4, -0.2) is 51.3 Å². The van der Waals surface area contributed by atoms with E-state index in [1.165, 1.54) is 16.8 Å². The van der Waals surface area contributed by atoms with Crippen molar-refractivity contribution in [1.82, 2.24) is 25.1 Å². The largest absolute Gasteiger partial charge is 0.369 e. The lowest BCUT2D eigenvalue weighted by Crippen LogP contribution is -2.48. The number of rotatable bonds is 5. The first-order chi connectivity index (χ1) is 14.5. The zero-order valence-electron chi connectivity index (χ0n) is 18.1. The third kappa shape index (κ3) is 4.07. The van der Waals surface area contributed by atoms with Crippen LogP contribution in [0.3, 0.4) is 0 Å². The van der Waals surface area contributed by atoms with E-state index in [0.29, 0.717) is 0 Å². The first-order valence-corrected chi connectivity index (χ1v) is 10.9. The van der Waals surface area contributed by atoms with E-state index in [1.807, 2.05) is 16.8 Å². The maximum atomic E-state index is 6.16. The summed E-state index contributed by atoms with van der Waals surface area (Å²) in [5.74, 6) is 0.882. The molecule has 1 aliphatic rings. The zero-order chi connectivity index (χ0) is 21.3. The van der Waals surface area contributed by atoms with Gasteiger partial charge >= 0.3 is 0 Å². The van der Waals surface area contributed by atoms with E-state index >= 15 is 0 Å². The SMILES string of the molecule is Cc1cccc(N2CCN(C(c3ccc(Cl)cc3)c3nnnn3C(C)C)CC2)c1C. The Kier molecular flexibility index (Phi) is 6.06. The molecule has 1 saturated heterocycles. The molecule has 0 N–H and O–H groups in total. The highest BCUT2D eigenvalue weighted by molar-refractivity contribution is 6.30. The smallest absolute Gasteiger partial charge is 0.173 e. The maximum Gasteiger partial charge on any atom is 0.173 e. The van der Waals surface area contributed by atoms with Crippen LogP contribution in [0.25, 0.3) is 0 Å². The highest BCUT2D eigenvalue weighted by Gasteiger charge is 2.31. The molecule has 3 aromatic rings. The Balaban J connectivity index is 1.62. The molecule has 1 atom stereocenters. The molecular formula is C23H29ClN6. The number of hydrogen-bond acceptors (Lipinski definition) is 5. The standard InChI is InChI=1S/C23H29ClN6/c1-16(2)30-23(25-26-27-30)22(19-8-10-20(24)11-9-19)29-14-12-28(13-15-29)21-7-5-6-17(3)18(21)4/h5-11,16,22H,12-15H2,1-4H3. The molecule has 1 fully saturated rings. The summed E-state index contributed by atoms with van der Waals surface area (Å²) in [6, 6.07) is 14.8. The summed E-state index contributed by atoms with van der Waals surface area (Å²) in [6.45, 7) is 12.4. The summed E-state index contributed by atoms with van der Waals surface area (Å²) >= 11 is 6.16. The minimum Gasteiger partial charge on any atom is -0.369 e. The average molecular weight is 425 g/mol. The Labute approximate surface area is 183 Å². The normalized spacial score (nSPS) is 16.3. The van der Waals surface area contributed by atoms with Gasteiger partial charge in [0, 0.05) is 36.9 Å². The first-order valence-electron chi connectivity index (χ1n) is 10.5. The van der Waals surface area contributed by atoms with Crippen LogP contribution < -0.4 is 4.90 Å². The van der Waals surface area contributed by atoms with Gasteiger partial charge in [0.05, 0.1) is 12.1 Å². The van der Waals surface area contributed by atoms with Gasteiger partial charge < -0.3 is 4.90 Å². The van der Waals surface area contributed by atoms with Gasteiger partial charge in [-0.2, -0.15) is 0 Å². The molecule has 1 unspecified atom stereocenters. The lowest BCUT2D eigenvalue weighted by atomic mass is 10.0. The molecule has 6 nitrogen and oxygen atoms in total. The maximum absolute atomic E-state index is 6.16. The van der Waals surface area contributed by atoms with E-state index in [4.69, 9.17) is 11.6 Å². The topological polar surface area (TPSA) is 50.1 Å². The molecule has 0 aliphatic carbocycles. The second-order valence-corrected chi connectivity index (χ2v) is 8.71. The highest BCUT2D eigenvalue weighted by atomic mass is 35.5. The Morgan fingerprint density at radius 3 is 2.30 bits per heavy atom. The van der Waals surface area contributed by atoms with Crippen molar-refractivity contribution in [1.29, 1.82) is 0 Å². The molecular weight excluding hydrogens is 396 g/mol. The molecule has 158 valence electrons. The zero-order valence-corrected chi connectivity index (χ0v) is 18.8. The molecule has 0 spiro atoms. The van der Waals surface area contributed by atoms with Crippen LogP contribution in [0.1, 0.15) is 48.4 Å². The predicted octanol–water partition coefficient (Wildman–Crippen LogP) is 4.44. The van der Waals surface area contributed by atoms with Crippen LogP contribution in [0.5, 0.6) is 0 Å². The molecule has 0 bridgehead atoms. The molecule has 0 amide bonds. The van der Waals surface area contributed by atoms with Gasteiger partial charge in [-0.25, -0.2) is 4.68 Å². The van der Waals surface area contributed by atoms with Crippen LogP contribution in [0.4, 0.5) is 5.69 Å². The first kappa shape index (κ1) is 20.8. The summed E-state index contributed by atoms with van der Waals surface area (Å²) in [4.78, 5) is 4.97. The molecule has 0 saturated carbocycles. The third-order valence-electron chi connectivity index (χ3n) is 6.03. The van der Waals surface area contributed by atoms with E-state index in [-0.39, 0.29) is 12.1 Å². The molecule has 0 radical (unpaired) electrons. The molecule has 2 aromatic carbocycles. The second kappa shape index (κ2) is 8.74. The average Bonchev–Trinajstić information content (AvgIpc) is 3.22. The van der Waals surface area contributed by atoms with Crippen molar-refractivity contribution in [2.24, 2.45) is 0 Å². The van der Waals surface area contributed by atoms with Gasteiger partial charge in [-0.1, -0.05) is 35.9 Å². The number of aryl methyl sites for hydroxylation is 1. The van der Waals surface area contributed by atoms with Crippen molar-refractivity contribution >= 4 is 17.3 Å². The van der Waals surface area contributed by atoms with Crippen LogP contribution in [0, 0.1) is 13.8 Å². The number of tetrazole rings is 1. The lowest BCUT2D eigenvalue weighted by Gasteiger charge is -2.40. The fraction of sp³-hybridized carbons (Fsp3) is 0.435. The number of hydrogen-bond donors (Lipinski definition) is 0. The predicted molar refractivity (Wildman–Crippen MR) is 121 cm³/mol. The summed E-state index contributed by atoms with van der Waals surface area (Å²) < 4.78 is 1.93. The van der Waals surface area contributed by atoms with Crippen molar-refractivity contribution in [2.45, 2.75) is 39.8 Å². The Morgan fingerprint density at radius 2 is 1.63 bits per heavy atom. The summed E-state index contributed by atoms with van der Waals surface area (Å²) in [7, 11) is 0. The van der Waals surface area contributed by atoms with Gasteiger partial charge in [0.15, 0.2) is 5.82 Å². The van der Waals surface area contributed by atoms with E-state index < -0.39 is 0 Å². The van der Waals surface area contributed by atoms with Gasteiger partial charge in [0.2, 0.25) is 0 Å². The van der Waals surface area contributed by atoms with Crippen molar-refractivity contribution in [3.8, 4) is 0 Å². The van der Waals surface area contributed by atoms with Crippen LogP contribution in [0.2, 0.25) is 5.02 Å². The molecule has 7 heteroatoms. The van der Waals surface area contributed by atoms with Crippen LogP contribution >= 0.6 is 11.6 Å². The van der Waals surface area contributed by atoms with Crippen molar-refractivity contribution in [2.75, 3.05) is 31.1 Å². The number of benzene rings is 2. The highest BCUT2D eigenvalue weighted by Crippen LogP contribution is 2.31. The monoisotopic (exact) mass is 424 g/mol. The van der Waals surface area contributed by atoms with Gasteiger partial charge in [-0.3, -0.25) is 4.90 Å². The molecule has 4 rings (SSSR count). The Hall–Kier alpha value is -2.44.